The van der Waals surface area contributed by atoms with Crippen LogP contribution in [-0.2, 0) is 14.4 Å². The van der Waals surface area contributed by atoms with Gasteiger partial charge in [0.25, 0.3) is 0 Å². The number of carbonyl (C=O) groups is 3. The molecule has 4 N–H and O–H groups in total. The van der Waals surface area contributed by atoms with Crippen LogP contribution in [0.1, 0.15) is 20.3 Å². The van der Waals surface area contributed by atoms with Crippen molar-refractivity contribution >= 4 is 17.9 Å². The molecule has 0 aliphatic heterocycles. The molecule has 16 heavy (non-hydrogen) atoms. The van der Waals surface area contributed by atoms with Crippen LogP contribution in [-0.4, -0.2) is 43.9 Å². The average Bonchev–Trinajstić information content (AvgIpc) is 1.99. The van der Waals surface area contributed by atoms with Crippen molar-refractivity contribution < 1.29 is 34.8 Å². The molecular weight excluding hydrogens is 220 g/mol. The zero-order valence-electron chi connectivity index (χ0n) is 8.88. The Hall–Kier alpha value is -1.63. The van der Waals surface area contributed by atoms with Crippen LogP contribution in [0.3, 0.4) is 0 Å². The van der Waals surface area contributed by atoms with Crippen molar-refractivity contribution in [1.29, 1.82) is 0 Å². The maximum absolute atomic E-state index is 10.9. The molecule has 92 valence electrons. The van der Waals surface area contributed by atoms with Gasteiger partial charge >= 0.3 is 17.9 Å². The normalized spacial score (nSPS) is 16.5. The largest absolute Gasteiger partial charge is 0.481 e. The Morgan fingerprint density at radius 1 is 1.12 bits per heavy atom. The van der Waals surface area contributed by atoms with Crippen LogP contribution in [0, 0.1) is 11.8 Å². The van der Waals surface area contributed by atoms with E-state index in [-0.39, 0.29) is 0 Å². The number of hydrogen-bond donors (Lipinski definition) is 4. The van der Waals surface area contributed by atoms with Gasteiger partial charge < -0.3 is 20.4 Å². The van der Waals surface area contributed by atoms with E-state index in [4.69, 9.17) is 15.3 Å². The number of rotatable bonds is 6. The van der Waals surface area contributed by atoms with Crippen molar-refractivity contribution in [3.8, 4) is 0 Å². The van der Waals surface area contributed by atoms with Gasteiger partial charge in [-0.1, -0.05) is 13.8 Å². The van der Waals surface area contributed by atoms with Crippen LogP contribution < -0.4 is 0 Å². The number of carboxylic acids is 3. The summed E-state index contributed by atoms with van der Waals surface area (Å²) in [5, 5.41) is 35.8. The predicted octanol–water partition coefficient (Wildman–Crippen LogP) is -0.366. The first-order valence-electron chi connectivity index (χ1n) is 4.53. The summed E-state index contributed by atoms with van der Waals surface area (Å²) in [4.78, 5) is 32.1. The molecule has 0 radical (unpaired) electrons. The van der Waals surface area contributed by atoms with E-state index < -0.39 is 41.8 Å². The number of hydrogen-bond acceptors (Lipinski definition) is 4. The lowest BCUT2D eigenvalue weighted by molar-refractivity contribution is -0.182. The molecule has 0 aliphatic carbocycles. The molecule has 2 unspecified atom stereocenters. The van der Waals surface area contributed by atoms with E-state index in [2.05, 4.69) is 0 Å². The third-order valence-corrected chi connectivity index (χ3v) is 2.24. The van der Waals surface area contributed by atoms with Gasteiger partial charge in [-0.05, 0) is 5.92 Å². The van der Waals surface area contributed by atoms with E-state index in [0.717, 1.165) is 0 Å². The van der Waals surface area contributed by atoms with Gasteiger partial charge in [-0.3, -0.25) is 9.59 Å². The van der Waals surface area contributed by atoms with Crippen LogP contribution >= 0.6 is 0 Å². The smallest absolute Gasteiger partial charge is 0.337 e. The van der Waals surface area contributed by atoms with Crippen LogP contribution in [0.4, 0.5) is 0 Å². The van der Waals surface area contributed by atoms with E-state index in [9.17, 15) is 19.5 Å². The molecule has 0 saturated heterocycles. The Morgan fingerprint density at radius 2 is 1.56 bits per heavy atom. The quantitative estimate of drug-likeness (QED) is 0.493. The van der Waals surface area contributed by atoms with Gasteiger partial charge in [0.05, 0.1) is 12.3 Å². The second kappa shape index (κ2) is 4.93. The Morgan fingerprint density at radius 3 is 1.75 bits per heavy atom. The maximum atomic E-state index is 10.9. The van der Waals surface area contributed by atoms with Crippen LogP contribution in [0.2, 0.25) is 0 Å². The molecule has 7 nitrogen and oxygen atoms in total. The van der Waals surface area contributed by atoms with Gasteiger partial charge in [-0.15, -0.1) is 0 Å². The molecule has 7 heteroatoms. The molecular formula is C9H14O7. The minimum Gasteiger partial charge on any atom is -0.481 e. The van der Waals surface area contributed by atoms with Gasteiger partial charge in [-0.2, -0.15) is 0 Å². The Bertz CT molecular complexity index is 309. The Kier molecular flexibility index (Phi) is 4.43. The minimum absolute atomic E-state index is 0.710. The van der Waals surface area contributed by atoms with E-state index in [1.807, 2.05) is 0 Å². The molecule has 0 amide bonds. The third kappa shape index (κ3) is 2.93. The summed E-state index contributed by atoms with van der Waals surface area (Å²) in [5.74, 6) is -7.35. The molecule has 0 heterocycles. The molecule has 0 fully saturated rings. The van der Waals surface area contributed by atoms with Crippen molar-refractivity contribution in [2.75, 3.05) is 0 Å². The highest BCUT2D eigenvalue weighted by molar-refractivity contribution is 5.89. The first kappa shape index (κ1) is 14.4. The average molecular weight is 234 g/mol. The van der Waals surface area contributed by atoms with E-state index in [1.165, 1.54) is 13.8 Å². The molecule has 0 bridgehead atoms. The molecule has 2 atom stereocenters. The van der Waals surface area contributed by atoms with Gasteiger partial charge in [0.2, 0.25) is 0 Å². The monoisotopic (exact) mass is 234 g/mol. The van der Waals surface area contributed by atoms with Crippen LogP contribution in [0.25, 0.3) is 0 Å². The first-order valence-corrected chi connectivity index (χ1v) is 4.53. The van der Waals surface area contributed by atoms with Gasteiger partial charge in [0.15, 0.2) is 5.60 Å². The van der Waals surface area contributed by atoms with Gasteiger partial charge in [0, 0.05) is 0 Å². The lowest BCUT2D eigenvalue weighted by Gasteiger charge is -2.30. The molecule has 0 aromatic rings. The van der Waals surface area contributed by atoms with E-state index in [0.29, 0.717) is 0 Å². The summed E-state index contributed by atoms with van der Waals surface area (Å²) in [5.41, 5.74) is -2.80. The fraction of sp³-hybridized carbons (Fsp3) is 0.667. The third-order valence-electron chi connectivity index (χ3n) is 2.24. The van der Waals surface area contributed by atoms with Crippen molar-refractivity contribution in [3.05, 3.63) is 0 Å². The molecule has 0 aliphatic rings. The topological polar surface area (TPSA) is 132 Å². The van der Waals surface area contributed by atoms with Gasteiger partial charge in [-0.25, -0.2) is 4.79 Å². The fourth-order valence-corrected chi connectivity index (χ4v) is 1.59. The molecule has 0 rings (SSSR count). The molecule has 0 spiro atoms. The second-order valence-corrected chi connectivity index (χ2v) is 3.86. The molecule has 0 aromatic heterocycles. The highest BCUT2D eigenvalue weighted by Gasteiger charge is 2.51. The lowest BCUT2D eigenvalue weighted by Crippen LogP contribution is -2.52. The minimum atomic E-state index is -2.80. The summed E-state index contributed by atoms with van der Waals surface area (Å²) >= 11 is 0. The SMILES string of the molecule is CC(C)C(C(=O)O)C(O)(CC(=O)O)C(=O)O. The van der Waals surface area contributed by atoms with Gasteiger partial charge in [0.1, 0.15) is 0 Å². The zero-order valence-corrected chi connectivity index (χ0v) is 8.88. The predicted molar refractivity (Wildman–Crippen MR) is 50.8 cm³/mol. The number of aliphatic carboxylic acids is 3. The van der Waals surface area contributed by atoms with Crippen molar-refractivity contribution in [2.45, 2.75) is 25.9 Å². The summed E-state index contributed by atoms with van der Waals surface area (Å²) in [6.45, 7) is 2.79. The Balaban J connectivity index is 5.37. The standard InChI is InChI=1S/C9H14O7/c1-4(2)6(7(12)13)9(16,8(14)15)3-5(10)11/h4,6,16H,3H2,1-2H3,(H,10,11)(H,12,13)(H,14,15). The lowest BCUT2D eigenvalue weighted by atomic mass is 9.77. The van der Waals surface area contributed by atoms with Crippen molar-refractivity contribution in [3.63, 3.8) is 0 Å². The highest BCUT2D eigenvalue weighted by atomic mass is 16.4. The first-order chi connectivity index (χ1) is 7.12. The fourth-order valence-electron chi connectivity index (χ4n) is 1.59. The number of carboxylic acid groups (broad SMARTS) is 3. The van der Waals surface area contributed by atoms with E-state index >= 15 is 0 Å². The summed E-state index contributed by atoms with van der Waals surface area (Å²) in [7, 11) is 0. The molecule has 0 aromatic carbocycles. The van der Waals surface area contributed by atoms with Crippen LogP contribution in [0.15, 0.2) is 0 Å². The number of aliphatic hydroxyl groups is 1. The highest BCUT2D eigenvalue weighted by Crippen LogP contribution is 2.29. The van der Waals surface area contributed by atoms with Crippen LogP contribution in [0.5, 0.6) is 0 Å². The van der Waals surface area contributed by atoms with E-state index in [1.54, 1.807) is 0 Å². The second-order valence-electron chi connectivity index (χ2n) is 3.86. The Labute approximate surface area is 91.3 Å². The zero-order chi connectivity index (χ0) is 13.1. The summed E-state index contributed by atoms with van der Waals surface area (Å²) in [6, 6.07) is 0. The summed E-state index contributed by atoms with van der Waals surface area (Å²) < 4.78 is 0. The van der Waals surface area contributed by atoms with Crippen molar-refractivity contribution in [2.24, 2.45) is 11.8 Å². The maximum Gasteiger partial charge on any atom is 0.337 e. The molecule has 0 saturated carbocycles. The summed E-state index contributed by atoms with van der Waals surface area (Å²) in [6.07, 6.45) is -1.16. The van der Waals surface area contributed by atoms with Crippen molar-refractivity contribution in [1.82, 2.24) is 0 Å².